The molecule has 1 saturated heterocycles. The molecule has 1 aromatic carbocycles. The molecule has 0 radical (unpaired) electrons. The van der Waals surface area contributed by atoms with Crippen LogP contribution < -0.4 is 15.8 Å². The number of carbonyl (C=O) groups excluding carboxylic acids is 1. The van der Waals surface area contributed by atoms with Crippen molar-refractivity contribution in [1.82, 2.24) is 19.8 Å². The van der Waals surface area contributed by atoms with Gasteiger partial charge in [0.2, 0.25) is 5.88 Å². The Balaban J connectivity index is 1.61. The molecule has 1 fully saturated rings. The fourth-order valence-electron chi connectivity index (χ4n) is 3.05. The van der Waals surface area contributed by atoms with Crippen LogP contribution in [0.5, 0.6) is 11.6 Å². The van der Waals surface area contributed by atoms with E-state index in [0.29, 0.717) is 24.7 Å². The fourth-order valence-corrected chi connectivity index (χ4v) is 3.05. The average Bonchev–Trinajstić information content (AvgIpc) is 3.06. The number of hydrogen-bond donors (Lipinski definition) is 2. The quantitative estimate of drug-likeness (QED) is 0.780. The number of nitrogens with two attached hydrogens (primary N) is 1. The summed E-state index contributed by atoms with van der Waals surface area (Å²) in [6.45, 7) is 2.35. The lowest BCUT2D eigenvalue weighted by Gasteiger charge is -2.19. The first-order chi connectivity index (χ1) is 12.9. The zero-order valence-corrected chi connectivity index (χ0v) is 15.4. The van der Waals surface area contributed by atoms with Gasteiger partial charge in [-0.1, -0.05) is 0 Å². The first-order valence-electron chi connectivity index (χ1n) is 8.66. The number of nitrogen functional groups attached to an aromatic ring is 1. The molecule has 3 N–H and O–H groups in total. The number of ether oxygens (including phenoxy) is 1. The van der Waals surface area contributed by atoms with Gasteiger partial charge in [0, 0.05) is 37.5 Å². The number of hydrogen-bond acceptors (Lipinski definition) is 6. The van der Waals surface area contributed by atoms with E-state index in [9.17, 15) is 9.18 Å². The molecule has 3 rings (SSSR count). The molecule has 9 heteroatoms. The van der Waals surface area contributed by atoms with Gasteiger partial charge in [-0.05, 0) is 38.6 Å². The summed E-state index contributed by atoms with van der Waals surface area (Å²) in [5, 5.41) is 2.74. The highest BCUT2D eigenvalue weighted by Gasteiger charge is 2.26. The van der Waals surface area contributed by atoms with E-state index >= 15 is 0 Å². The van der Waals surface area contributed by atoms with Crippen LogP contribution in [0, 0.1) is 11.7 Å². The Bertz CT molecular complexity index is 816. The standard InChI is InChI=1S/C18H23FN6O2/c1-24(2)9-12-5-6-25(10-12)18(26)23-16-8-17(22-11-21-16)27-15-4-3-13(20)7-14(15)19/h3-4,7-8,11-12H,5-6,9-10,20H2,1-2H3,(H,21,22,23,26)/t12-/m0/s1. The predicted octanol–water partition coefficient (Wildman–Crippen LogP) is 2.41. The summed E-state index contributed by atoms with van der Waals surface area (Å²) in [5.41, 5.74) is 5.82. The van der Waals surface area contributed by atoms with Gasteiger partial charge in [0.1, 0.15) is 12.1 Å². The number of likely N-dealkylation sites (tertiary alicyclic amines) is 1. The van der Waals surface area contributed by atoms with Crippen molar-refractivity contribution in [3.05, 3.63) is 36.4 Å². The second kappa shape index (κ2) is 8.17. The Morgan fingerprint density at radius 1 is 1.41 bits per heavy atom. The van der Waals surface area contributed by atoms with E-state index in [4.69, 9.17) is 10.5 Å². The summed E-state index contributed by atoms with van der Waals surface area (Å²) in [6, 6.07) is 5.33. The van der Waals surface area contributed by atoms with E-state index in [0.717, 1.165) is 19.0 Å². The molecule has 2 amide bonds. The number of carbonyl (C=O) groups is 1. The SMILES string of the molecule is CN(C)C[C@@H]1CCN(C(=O)Nc2cc(Oc3ccc(N)cc3F)ncn2)C1. The van der Waals surface area contributed by atoms with Gasteiger partial charge >= 0.3 is 6.03 Å². The van der Waals surface area contributed by atoms with Gasteiger partial charge in [-0.25, -0.2) is 19.2 Å². The van der Waals surface area contributed by atoms with Gasteiger partial charge in [-0.2, -0.15) is 0 Å². The molecule has 144 valence electrons. The van der Waals surface area contributed by atoms with Gasteiger partial charge in [0.25, 0.3) is 0 Å². The second-order valence-corrected chi connectivity index (χ2v) is 6.83. The Morgan fingerprint density at radius 3 is 2.96 bits per heavy atom. The van der Waals surface area contributed by atoms with Crippen LogP contribution in [0.15, 0.2) is 30.6 Å². The maximum atomic E-state index is 13.8. The van der Waals surface area contributed by atoms with Gasteiger partial charge in [-0.15, -0.1) is 0 Å². The predicted molar refractivity (Wildman–Crippen MR) is 100 cm³/mol. The summed E-state index contributed by atoms with van der Waals surface area (Å²) >= 11 is 0. The van der Waals surface area contributed by atoms with Crippen LogP contribution in [0.4, 0.5) is 20.7 Å². The lowest BCUT2D eigenvalue weighted by atomic mass is 10.1. The zero-order valence-electron chi connectivity index (χ0n) is 15.4. The number of amides is 2. The first-order valence-corrected chi connectivity index (χ1v) is 8.66. The van der Waals surface area contributed by atoms with Crippen LogP contribution in [0.3, 0.4) is 0 Å². The van der Waals surface area contributed by atoms with E-state index in [1.165, 1.54) is 24.5 Å². The molecule has 8 nitrogen and oxygen atoms in total. The number of aromatic nitrogens is 2. The van der Waals surface area contributed by atoms with Gasteiger partial charge in [-0.3, -0.25) is 5.32 Å². The topological polar surface area (TPSA) is 96.6 Å². The van der Waals surface area contributed by atoms with E-state index in [-0.39, 0.29) is 23.5 Å². The van der Waals surface area contributed by atoms with Crippen LogP contribution >= 0.6 is 0 Å². The molecule has 1 aromatic heterocycles. The van der Waals surface area contributed by atoms with Crippen LogP contribution in [0.1, 0.15) is 6.42 Å². The van der Waals surface area contributed by atoms with E-state index in [1.807, 2.05) is 14.1 Å². The van der Waals surface area contributed by atoms with E-state index < -0.39 is 5.82 Å². The minimum Gasteiger partial charge on any atom is -0.436 e. The Hall–Kier alpha value is -2.94. The van der Waals surface area contributed by atoms with Crippen molar-refractivity contribution < 1.29 is 13.9 Å². The summed E-state index contributed by atoms with van der Waals surface area (Å²) in [7, 11) is 4.05. The molecule has 2 heterocycles. The van der Waals surface area contributed by atoms with E-state index in [1.54, 1.807) is 4.90 Å². The summed E-state index contributed by atoms with van der Waals surface area (Å²) in [4.78, 5) is 24.3. The number of urea groups is 1. The van der Waals surface area contributed by atoms with Crippen molar-refractivity contribution in [2.45, 2.75) is 6.42 Å². The van der Waals surface area contributed by atoms with Crippen molar-refractivity contribution in [2.24, 2.45) is 5.92 Å². The largest absolute Gasteiger partial charge is 0.436 e. The maximum absolute atomic E-state index is 13.8. The molecule has 2 aromatic rings. The van der Waals surface area contributed by atoms with Crippen molar-refractivity contribution >= 4 is 17.5 Å². The second-order valence-electron chi connectivity index (χ2n) is 6.83. The number of nitrogens with zero attached hydrogens (tertiary/aromatic N) is 4. The molecule has 1 aliphatic rings. The average molecular weight is 374 g/mol. The summed E-state index contributed by atoms with van der Waals surface area (Å²) in [5.74, 6) is 0.269. The molecule has 27 heavy (non-hydrogen) atoms. The third-order valence-corrected chi connectivity index (χ3v) is 4.24. The zero-order chi connectivity index (χ0) is 19.4. The molecule has 0 spiro atoms. The van der Waals surface area contributed by atoms with Crippen LogP contribution in [-0.2, 0) is 0 Å². The lowest BCUT2D eigenvalue weighted by molar-refractivity contribution is 0.219. The Labute approximate surface area is 157 Å². The number of halogens is 1. The van der Waals surface area contributed by atoms with Crippen LogP contribution in [0.2, 0.25) is 0 Å². The molecule has 0 bridgehead atoms. The van der Waals surface area contributed by atoms with E-state index in [2.05, 4.69) is 20.2 Å². The summed E-state index contributed by atoms with van der Waals surface area (Å²) < 4.78 is 19.3. The monoisotopic (exact) mass is 374 g/mol. The first kappa shape index (κ1) is 18.8. The molecule has 0 saturated carbocycles. The highest BCUT2D eigenvalue weighted by molar-refractivity contribution is 5.88. The van der Waals surface area contributed by atoms with Crippen LogP contribution in [0.25, 0.3) is 0 Å². The normalized spacial score (nSPS) is 16.6. The van der Waals surface area contributed by atoms with Gasteiger partial charge in [0.15, 0.2) is 11.6 Å². The van der Waals surface area contributed by atoms with Crippen molar-refractivity contribution in [3.8, 4) is 11.6 Å². The highest BCUT2D eigenvalue weighted by atomic mass is 19.1. The number of benzene rings is 1. The number of anilines is 2. The summed E-state index contributed by atoms with van der Waals surface area (Å²) in [6.07, 6.45) is 2.22. The van der Waals surface area contributed by atoms with Crippen molar-refractivity contribution in [1.29, 1.82) is 0 Å². The Morgan fingerprint density at radius 2 is 2.22 bits per heavy atom. The number of rotatable bonds is 5. The molecular weight excluding hydrogens is 351 g/mol. The van der Waals surface area contributed by atoms with Crippen molar-refractivity contribution in [2.75, 3.05) is 44.8 Å². The molecule has 0 aliphatic carbocycles. The fraction of sp³-hybridized carbons (Fsp3) is 0.389. The third-order valence-electron chi connectivity index (χ3n) is 4.24. The van der Waals surface area contributed by atoms with Gasteiger partial charge in [0.05, 0.1) is 0 Å². The maximum Gasteiger partial charge on any atom is 0.323 e. The van der Waals surface area contributed by atoms with Crippen molar-refractivity contribution in [3.63, 3.8) is 0 Å². The third kappa shape index (κ3) is 5.04. The van der Waals surface area contributed by atoms with Gasteiger partial charge < -0.3 is 20.3 Å². The number of nitrogens with one attached hydrogen (secondary N) is 1. The Kier molecular flexibility index (Phi) is 5.70. The molecular formula is C18H23FN6O2. The minimum atomic E-state index is -0.594. The molecule has 0 unspecified atom stereocenters. The molecule has 1 atom stereocenters. The minimum absolute atomic E-state index is 0.00810. The molecule has 1 aliphatic heterocycles. The van der Waals surface area contributed by atoms with Crippen LogP contribution in [-0.4, -0.2) is 59.5 Å². The highest BCUT2D eigenvalue weighted by Crippen LogP contribution is 2.25. The lowest BCUT2D eigenvalue weighted by Crippen LogP contribution is -2.34. The smallest absolute Gasteiger partial charge is 0.323 e.